The van der Waals surface area contributed by atoms with Crippen molar-refractivity contribution in [1.82, 2.24) is 9.97 Å². The predicted molar refractivity (Wildman–Crippen MR) is 98.6 cm³/mol. The molecule has 3 aromatic rings. The molecule has 0 spiro atoms. The molecule has 0 aliphatic rings. The highest BCUT2D eigenvalue weighted by atomic mass is 16.4. The number of aliphatic carboxylic acids is 1. The summed E-state index contributed by atoms with van der Waals surface area (Å²) in [4.78, 5) is 22.2. The summed E-state index contributed by atoms with van der Waals surface area (Å²) >= 11 is 0. The lowest BCUT2D eigenvalue weighted by Crippen LogP contribution is -2.32. The Morgan fingerprint density at radius 1 is 1.16 bits per heavy atom. The van der Waals surface area contributed by atoms with Crippen LogP contribution in [0.5, 0.6) is 0 Å². The molecule has 0 aliphatic carbocycles. The van der Waals surface area contributed by atoms with E-state index < -0.39 is 12.0 Å². The second kappa shape index (κ2) is 6.86. The number of hydrogen-bond donors (Lipinski definition) is 2. The van der Waals surface area contributed by atoms with Crippen molar-refractivity contribution in [3.8, 4) is 11.3 Å². The summed E-state index contributed by atoms with van der Waals surface area (Å²) in [6.45, 7) is 0. The minimum Gasteiger partial charge on any atom is -0.480 e. The first-order valence-corrected chi connectivity index (χ1v) is 7.96. The summed E-state index contributed by atoms with van der Waals surface area (Å²) in [7, 11) is 3.94. The second-order valence-electron chi connectivity index (χ2n) is 6.09. The quantitative estimate of drug-likeness (QED) is 0.743. The lowest BCUT2D eigenvalue weighted by molar-refractivity contribution is -0.138. The second-order valence-corrected chi connectivity index (χ2v) is 6.09. The number of carboxylic acid groups (broad SMARTS) is 1. The molecule has 1 aromatic carbocycles. The lowest BCUT2D eigenvalue weighted by Gasteiger charge is -2.18. The van der Waals surface area contributed by atoms with Crippen molar-refractivity contribution in [3.63, 3.8) is 0 Å². The van der Waals surface area contributed by atoms with Crippen LogP contribution in [0.4, 0.5) is 5.69 Å². The van der Waals surface area contributed by atoms with Gasteiger partial charge in [0.05, 0.1) is 16.9 Å². The number of pyridine rings is 2. The number of hydrogen-bond acceptors (Lipinski definition) is 5. The standard InChI is InChI=1S/C19H20N4O2/c1-23(2)16-6-4-10-22-18(16)14-8-7-12(11-15(20)19(24)25)13-5-3-9-21-17(13)14/h3-10,15H,11,20H2,1-2H3,(H,24,25)/t15-/m0/s1. The molecule has 3 N–H and O–H groups in total. The number of anilines is 1. The topological polar surface area (TPSA) is 92.3 Å². The van der Waals surface area contributed by atoms with E-state index in [-0.39, 0.29) is 6.42 Å². The SMILES string of the molecule is CN(C)c1cccnc1-c1ccc(C[C@H](N)C(=O)O)c2cccnc12. The van der Waals surface area contributed by atoms with E-state index in [0.29, 0.717) is 0 Å². The molecule has 0 unspecified atom stereocenters. The first-order valence-electron chi connectivity index (χ1n) is 7.96. The molecule has 2 heterocycles. The van der Waals surface area contributed by atoms with Crippen LogP contribution in [0.2, 0.25) is 0 Å². The Morgan fingerprint density at radius 2 is 1.88 bits per heavy atom. The normalized spacial score (nSPS) is 12.1. The van der Waals surface area contributed by atoms with Crippen molar-refractivity contribution in [2.75, 3.05) is 19.0 Å². The number of carboxylic acids is 1. The minimum atomic E-state index is -1.01. The Bertz CT molecular complexity index is 924. The van der Waals surface area contributed by atoms with E-state index >= 15 is 0 Å². The zero-order valence-corrected chi connectivity index (χ0v) is 14.2. The Kier molecular flexibility index (Phi) is 4.63. The molecular formula is C19H20N4O2. The molecule has 0 aliphatic heterocycles. The smallest absolute Gasteiger partial charge is 0.320 e. The molecule has 0 bridgehead atoms. The van der Waals surface area contributed by atoms with Crippen molar-refractivity contribution >= 4 is 22.6 Å². The molecule has 6 nitrogen and oxygen atoms in total. The third-order valence-corrected chi connectivity index (χ3v) is 4.14. The summed E-state index contributed by atoms with van der Waals surface area (Å²) in [5.74, 6) is -1.01. The van der Waals surface area contributed by atoms with Crippen molar-refractivity contribution < 1.29 is 9.90 Å². The summed E-state index contributed by atoms with van der Waals surface area (Å²) in [5, 5.41) is 9.98. The number of carbonyl (C=O) groups is 1. The fraction of sp³-hybridized carbons (Fsp3) is 0.211. The van der Waals surface area contributed by atoms with E-state index in [0.717, 1.165) is 33.4 Å². The molecule has 0 saturated carbocycles. The molecule has 3 rings (SSSR count). The van der Waals surface area contributed by atoms with E-state index in [1.165, 1.54) is 0 Å². The van der Waals surface area contributed by atoms with E-state index in [1.807, 2.05) is 55.4 Å². The third kappa shape index (κ3) is 3.29. The lowest BCUT2D eigenvalue weighted by atomic mass is 9.96. The van der Waals surface area contributed by atoms with Gasteiger partial charge in [0, 0.05) is 37.4 Å². The predicted octanol–water partition coefficient (Wildman–Crippen LogP) is 2.32. The van der Waals surface area contributed by atoms with Gasteiger partial charge in [-0.2, -0.15) is 0 Å². The fourth-order valence-electron chi connectivity index (χ4n) is 2.89. The first kappa shape index (κ1) is 16.9. The molecule has 0 fully saturated rings. The maximum Gasteiger partial charge on any atom is 0.320 e. The highest BCUT2D eigenvalue weighted by Crippen LogP contribution is 2.33. The molecule has 2 aromatic heterocycles. The molecule has 0 amide bonds. The van der Waals surface area contributed by atoms with Gasteiger partial charge >= 0.3 is 5.97 Å². The van der Waals surface area contributed by atoms with Gasteiger partial charge in [-0.25, -0.2) is 0 Å². The van der Waals surface area contributed by atoms with Gasteiger partial charge in [0.2, 0.25) is 0 Å². The Morgan fingerprint density at radius 3 is 2.60 bits per heavy atom. The van der Waals surface area contributed by atoms with E-state index in [4.69, 9.17) is 10.8 Å². The van der Waals surface area contributed by atoms with Gasteiger partial charge in [-0.3, -0.25) is 14.8 Å². The van der Waals surface area contributed by atoms with Gasteiger partial charge in [-0.05, 0) is 30.2 Å². The van der Waals surface area contributed by atoms with E-state index in [9.17, 15) is 4.79 Å². The molecular weight excluding hydrogens is 316 g/mol. The zero-order chi connectivity index (χ0) is 18.0. The van der Waals surface area contributed by atoms with E-state index in [2.05, 4.69) is 9.97 Å². The van der Waals surface area contributed by atoms with Crippen LogP contribution in [0.25, 0.3) is 22.2 Å². The van der Waals surface area contributed by atoms with Gasteiger partial charge in [0.25, 0.3) is 0 Å². The van der Waals surface area contributed by atoms with Crippen LogP contribution in [0, 0.1) is 0 Å². The summed E-state index contributed by atoms with van der Waals surface area (Å²) in [6.07, 6.45) is 3.73. The van der Waals surface area contributed by atoms with Crippen molar-refractivity contribution in [1.29, 1.82) is 0 Å². The van der Waals surface area contributed by atoms with Crippen LogP contribution in [-0.4, -0.2) is 41.2 Å². The third-order valence-electron chi connectivity index (χ3n) is 4.14. The molecule has 1 atom stereocenters. The Balaban J connectivity index is 2.18. The summed E-state index contributed by atoms with van der Waals surface area (Å²) in [5.41, 5.74) is 10.1. The number of fused-ring (bicyclic) bond motifs is 1. The van der Waals surface area contributed by atoms with E-state index in [1.54, 1.807) is 12.4 Å². The van der Waals surface area contributed by atoms with Crippen LogP contribution in [-0.2, 0) is 11.2 Å². The van der Waals surface area contributed by atoms with Crippen molar-refractivity contribution in [2.45, 2.75) is 12.5 Å². The molecule has 128 valence electrons. The van der Waals surface area contributed by atoms with Gasteiger partial charge in [0.15, 0.2) is 0 Å². The molecule has 0 saturated heterocycles. The number of nitrogens with zero attached hydrogens (tertiary/aromatic N) is 3. The fourth-order valence-corrected chi connectivity index (χ4v) is 2.89. The van der Waals surface area contributed by atoms with Gasteiger partial charge in [0.1, 0.15) is 6.04 Å². The number of benzene rings is 1. The molecule has 25 heavy (non-hydrogen) atoms. The van der Waals surface area contributed by atoms with Crippen LogP contribution in [0.3, 0.4) is 0 Å². The minimum absolute atomic E-state index is 0.251. The average Bonchev–Trinajstić information content (AvgIpc) is 2.62. The van der Waals surface area contributed by atoms with Crippen LogP contribution < -0.4 is 10.6 Å². The summed E-state index contributed by atoms with van der Waals surface area (Å²) < 4.78 is 0. The Hall–Kier alpha value is -2.99. The van der Waals surface area contributed by atoms with Gasteiger partial charge in [-0.1, -0.05) is 18.2 Å². The van der Waals surface area contributed by atoms with Crippen molar-refractivity contribution in [2.24, 2.45) is 5.73 Å². The number of aromatic nitrogens is 2. The average molecular weight is 336 g/mol. The highest BCUT2D eigenvalue weighted by molar-refractivity contribution is 5.97. The van der Waals surface area contributed by atoms with Crippen LogP contribution in [0.1, 0.15) is 5.56 Å². The Labute approximate surface area is 145 Å². The number of nitrogens with two attached hydrogens (primary N) is 1. The van der Waals surface area contributed by atoms with Gasteiger partial charge < -0.3 is 15.7 Å². The summed E-state index contributed by atoms with van der Waals surface area (Å²) in [6, 6.07) is 10.6. The monoisotopic (exact) mass is 336 g/mol. The largest absolute Gasteiger partial charge is 0.480 e. The van der Waals surface area contributed by atoms with Crippen LogP contribution in [0.15, 0.2) is 48.8 Å². The highest BCUT2D eigenvalue weighted by Gasteiger charge is 2.17. The molecule has 0 radical (unpaired) electrons. The van der Waals surface area contributed by atoms with Crippen molar-refractivity contribution in [3.05, 3.63) is 54.4 Å². The van der Waals surface area contributed by atoms with Crippen LogP contribution >= 0.6 is 0 Å². The maximum absolute atomic E-state index is 11.1. The maximum atomic E-state index is 11.1. The zero-order valence-electron chi connectivity index (χ0n) is 14.2. The first-order chi connectivity index (χ1) is 12.0. The number of rotatable bonds is 5. The van der Waals surface area contributed by atoms with Gasteiger partial charge in [-0.15, -0.1) is 0 Å². The molecule has 6 heteroatoms.